The summed E-state index contributed by atoms with van der Waals surface area (Å²) in [6.45, 7) is 0.913. The molecule has 0 unspecified atom stereocenters. The summed E-state index contributed by atoms with van der Waals surface area (Å²) >= 11 is 0. The molecule has 0 saturated carbocycles. The van der Waals surface area contributed by atoms with Crippen molar-refractivity contribution >= 4 is 22.1 Å². The van der Waals surface area contributed by atoms with E-state index in [9.17, 15) is 13.2 Å². The molecule has 0 aliphatic carbocycles. The first-order valence-corrected chi connectivity index (χ1v) is 11.0. The molecular weight excluding hydrogens is 390 g/mol. The van der Waals surface area contributed by atoms with E-state index in [4.69, 9.17) is 9.84 Å². The maximum absolute atomic E-state index is 13.2. The van der Waals surface area contributed by atoms with Gasteiger partial charge in [-0.05, 0) is 54.5 Å². The number of carboxylic acids is 1. The average Bonchev–Trinajstić information content (AvgIpc) is 2.73. The van der Waals surface area contributed by atoms with Gasteiger partial charge in [0.1, 0.15) is 10.6 Å². The summed E-state index contributed by atoms with van der Waals surface area (Å²) in [6, 6.07) is 14.9. The van der Waals surface area contributed by atoms with Crippen LogP contribution in [0.5, 0.6) is 5.75 Å². The van der Waals surface area contributed by atoms with Gasteiger partial charge in [0.05, 0.1) is 7.11 Å². The van der Waals surface area contributed by atoms with Gasteiger partial charge in [-0.1, -0.05) is 36.4 Å². The fourth-order valence-electron chi connectivity index (χ4n) is 3.61. The molecule has 1 aliphatic heterocycles. The van der Waals surface area contributed by atoms with E-state index in [2.05, 4.69) is 12.1 Å². The first kappa shape index (κ1) is 21.1. The van der Waals surface area contributed by atoms with Crippen LogP contribution in [0.3, 0.4) is 0 Å². The third-order valence-electron chi connectivity index (χ3n) is 5.16. The lowest BCUT2D eigenvalue weighted by Gasteiger charge is -2.31. The molecule has 2 aromatic carbocycles. The highest BCUT2D eigenvalue weighted by molar-refractivity contribution is 7.89. The van der Waals surface area contributed by atoms with Crippen LogP contribution < -0.4 is 4.74 Å². The summed E-state index contributed by atoms with van der Waals surface area (Å²) in [5.41, 5.74) is 1.76. The zero-order valence-corrected chi connectivity index (χ0v) is 17.1. The Morgan fingerprint density at radius 3 is 2.48 bits per heavy atom. The fourth-order valence-corrected chi connectivity index (χ4v) is 5.27. The highest BCUT2D eigenvalue weighted by Crippen LogP contribution is 2.31. The van der Waals surface area contributed by atoms with Gasteiger partial charge in [0.2, 0.25) is 10.0 Å². The normalized spacial score (nSPS) is 16.2. The molecule has 0 aromatic heterocycles. The minimum atomic E-state index is -3.74. The molecule has 7 heteroatoms. The van der Waals surface area contributed by atoms with Crippen molar-refractivity contribution in [2.45, 2.75) is 24.2 Å². The second kappa shape index (κ2) is 9.24. The van der Waals surface area contributed by atoms with Gasteiger partial charge in [-0.25, -0.2) is 13.2 Å². The molecule has 3 rings (SSSR count). The summed E-state index contributed by atoms with van der Waals surface area (Å²) in [6.07, 6.45) is 4.90. The number of hydrogen-bond donors (Lipinski definition) is 1. The maximum atomic E-state index is 13.2. The predicted octanol–water partition coefficient (Wildman–Crippen LogP) is 3.44. The van der Waals surface area contributed by atoms with Crippen molar-refractivity contribution in [2.24, 2.45) is 5.92 Å². The standard InChI is InChI=1S/C22H25NO5S/c1-28-20-9-7-18(8-10-22(24)25)16-21(20)29(26,27)23-13-11-19(12-14-23)15-17-5-3-2-4-6-17/h2-10,16,19H,11-15H2,1H3,(H,24,25). The quantitative estimate of drug-likeness (QED) is 0.701. The van der Waals surface area contributed by atoms with Crippen LogP contribution in [0, 0.1) is 5.92 Å². The van der Waals surface area contributed by atoms with E-state index in [0.717, 1.165) is 25.3 Å². The Morgan fingerprint density at radius 2 is 1.86 bits per heavy atom. The van der Waals surface area contributed by atoms with Crippen molar-refractivity contribution in [1.29, 1.82) is 0 Å². The van der Waals surface area contributed by atoms with Crippen LogP contribution in [0.2, 0.25) is 0 Å². The van der Waals surface area contributed by atoms with Crippen molar-refractivity contribution in [1.82, 2.24) is 4.31 Å². The molecule has 0 bridgehead atoms. The van der Waals surface area contributed by atoms with E-state index in [0.29, 0.717) is 24.6 Å². The molecule has 6 nitrogen and oxygen atoms in total. The Bertz CT molecular complexity index is 978. The summed E-state index contributed by atoms with van der Waals surface area (Å²) < 4.78 is 33.2. The Balaban J connectivity index is 1.75. The van der Waals surface area contributed by atoms with Crippen LogP contribution in [-0.4, -0.2) is 44.0 Å². The van der Waals surface area contributed by atoms with Gasteiger partial charge in [-0.2, -0.15) is 4.31 Å². The maximum Gasteiger partial charge on any atom is 0.328 e. The number of piperidine rings is 1. The number of benzene rings is 2. The lowest BCUT2D eigenvalue weighted by molar-refractivity contribution is -0.131. The summed E-state index contributed by atoms with van der Waals surface area (Å²) in [7, 11) is -2.31. The monoisotopic (exact) mass is 415 g/mol. The molecule has 1 heterocycles. The SMILES string of the molecule is COc1ccc(C=CC(=O)O)cc1S(=O)(=O)N1CCC(Cc2ccccc2)CC1. The molecule has 1 N–H and O–H groups in total. The van der Waals surface area contributed by atoms with E-state index >= 15 is 0 Å². The molecule has 0 atom stereocenters. The van der Waals surface area contributed by atoms with E-state index in [1.807, 2.05) is 18.2 Å². The number of hydrogen-bond acceptors (Lipinski definition) is 4. The average molecular weight is 416 g/mol. The van der Waals surface area contributed by atoms with Crippen molar-refractivity contribution < 1.29 is 23.1 Å². The molecule has 1 saturated heterocycles. The number of sulfonamides is 1. The molecule has 1 fully saturated rings. The first-order valence-electron chi connectivity index (χ1n) is 9.53. The number of carbonyl (C=O) groups is 1. The Labute approximate surface area is 171 Å². The van der Waals surface area contributed by atoms with E-state index in [-0.39, 0.29) is 10.6 Å². The van der Waals surface area contributed by atoms with Crippen molar-refractivity contribution in [3.05, 3.63) is 65.7 Å². The third kappa shape index (κ3) is 5.25. The number of nitrogens with zero attached hydrogens (tertiary/aromatic N) is 1. The molecule has 1 aliphatic rings. The summed E-state index contributed by atoms with van der Waals surface area (Å²) in [5, 5.41) is 8.80. The van der Waals surface area contributed by atoms with Crippen LogP contribution in [0.4, 0.5) is 0 Å². The third-order valence-corrected chi connectivity index (χ3v) is 7.08. The van der Waals surface area contributed by atoms with E-state index in [1.165, 1.54) is 29.1 Å². The smallest absolute Gasteiger partial charge is 0.328 e. The first-order chi connectivity index (χ1) is 13.9. The largest absolute Gasteiger partial charge is 0.495 e. The minimum Gasteiger partial charge on any atom is -0.495 e. The molecular formula is C22H25NO5S. The molecule has 0 amide bonds. The number of rotatable bonds is 7. The van der Waals surface area contributed by atoms with Crippen molar-refractivity contribution in [2.75, 3.05) is 20.2 Å². The highest BCUT2D eigenvalue weighted by Gasteiger charge is 2.31. The summed E-state index contributed by atoms with van der Waals surface area (Å²) in [5.74, 6) is -0.384. The highest BCUT2D eigenvalue weighted by atomic mass is 32.2. The predicted molar refractivity (Wildman–Crippen MR) is 111 cm³/mol. The number of methoxy groups -OCH3 is 1. The number of ether oxygens (including phenoxy) is 1. The Kier molecular flexibility index (Phi) is 6.71. The van der Waals surface area contributed by atoms with Gasteiger partial charge in [-0.3, -0.25) is 0 Å². The topological polar surface area (TPSA) is 83.9 Å². The van der Waals surface area contributed by atoms with Gasteiger partial charge < -0.3 is 9.84 Å². The van der Waals surface area contributed by atoms with Crippen LogP contribution in [0.1, 0.15) is 24.0 Å². The van der Waals surface area contributed by atoms with E-state index in [1.54, 1.807) is 12.1 Å². The fraction of sp³-hybridized carbons (Fsp3) is 0.318. The number of aliphatic carboxylic acids is 1. The molecule has 2 aromatic rings. The van der Waals surface area contributed by atoms with E-state index < -0.39 is 16.0 Å². The minimum absolute atomic E-state index is 0.0639. The lowest BCUT2D eigenvalue weighted by Crippen LogP contribution is -2.39. The molecule has 154 valence electrons. The molecule has 0 spiro atoms. The zero-order valence-electron chi connectivity index (χ0n) is 16.3. The van der Waals surface area contributed by atoms with Gasteiger partial charge in [0.25, 0.3) is 0 Å². The second-order valence-corrected chi connectivity index (χ2v) is 9.03. The van der Waals surface area contributed by atoms with Crippen LogP contribution in [0.15, 0.2) is 59.5 Å². The van der Waals surface area contributed by atoms with Crippen LogP contribution >= 0.6 is 0 Å². The Hall–Kier alpha value is -2.64. The van der Waals surface area contributed by atoms with Crippen molar-refractivity contribution in [3.8, 4) is 5.75 Å². The lowest BCUT2D eigenvalue weighted by atomic mass is 9.91. The van der Waals surface area contributed by atoms with Gasteiger partial charge in [0.15, 0.2) is 0 Å². The van der Waals surface area contributed by atoms with Crippen LogP contribution in [-0.2, 0) is 21.2 Å². The molecule has 29 heavy (non-hydrogen) atoms. The van der Waals surface area contributed by atoms with Gasteiger partial charge in [-0.15, -0.1) is 0 Å². The number of carboxylic acid groups (broad SMARTS) is 1. The zero-order chi connectivity index (χ0) is 20.9. The Morgan fingerprint density at radius 1 is 1.17 bits per heavy atom. The van der Waals surface area contributed by atoms with Crippen LogP contribution in [0.25, 0.3) is 6.08 Å². The van der Waals surface area contributed by atoms with Gasteiger partial charge in [0, 0.05) is 19.2 Å². The van der Waals surface area contributed by atoms with Crippen molar-refractivity contribution in [3.63, 3.8) is 0 Å². The molecule has 0 radical (unpaired) electrons. The van der Waals surface area contributed by atoms with Gasteiger partial charge >= 0.3 is 5.97 Å². The second-order valence-electron chi connectivity index (χ2n) is 7.12. The summed E-state index contributed by atoms with van der Waals surface area (Å²) in [4.78, 5) is 10.8.